The lowest BCUT2D eigenvalue weighted by Crippen LogP contribution is -2.27. The van der Waals surface area contributed by atoms with Gasteiger partial charge in [0.05, 0.1) is 5.69 Å². The molecule has 0 radical (unpaired) electrons. The molecule has 1 N–H and O–H groups in total. The second-order valence-corrected chi connectivity index (χ2v) is 4.72. The van der Waals surface area contributed by atoms with Crippen LogP contribution in [0.15, 0.2) is 18.2 Å². The SMILES string of the molecule is CCNCc1cccc(N2CC(OC)C(OC)C2)n1. The van der Waals surface area contributed by atoms with Crippen LogP contribution < -0.4 is 10.2 Å². The van der Waals surface area contributed by atoms with Gasteiger partial charge in [-0.15, -0.1) is 0 Å². The van der Waals surface area contributed by atoms with Crippen LogP contribution >= 0.6 is 0 Å². The molecule has 0 amide bonds. The van der Waals surface area contributed by atoms with Crippen molar-refractivity contribution in [1.29, 1.82) is 0 Å². The van der Waals surface area contributed by atoms with E-state index in [1.807, 2.05) is 12.1 Å². The molecule has 1 aliphatic heterocycles. The molecule has 0 aromatic carbocycles. The topological polar surface area (TPSA) is 46.6 Å². The number of ether oxygens (including phenoxy) is 2. The molecule has 2 atom stereocenters. The van der Waals surface area contributed by atoms with Gasteiger partial charge in [0.1, 0.15) is 18.0 Å². The summed E-state index contributed by atoms with van der Waals surface area (Å²) in [7, 11) is 3.46. The summed E-state index contributed by atoms with van der Waals surface area (Å²) in [6, 6.07) is 6.14. The predicted molar refractivity (Wildman–Crippen MR) is 75.4 cm³/mol. The minimum absolute atomic E-state index is 0.115. The average molecular weight is 265 g/mol. The molecule has 106 valence electrons. The van der Waals surface area contributed by atoms with Crippen LogP contribution in [-0.4, -0.2) is 51.0 Å². The Bertz CT molecular complexity index is 388. The van der Waals surface area contributed by atoms with E-state index in [0.717, 1.165) is 37.7 Å². The van der Waals surface area contributed by atoms with Crippen LogP contribution in [0, 0.1) is 0 Å². The highest BCUT2D eigenvalue weighted by Gasteiger charge is 2.33. The molecule has 19 heavy (non-hydrogen) atoms. The fourth-order valence-corrected chi connectivity index (χ4v) is 2.38. The molecule has 1 aromatic heterocycles. The Morgan fingerprint density at radius 1 is 1.26 bits per heavy atom. The summed E-state index contributed by atoms with van der Waals surface area (Å²) < 4.78 is 10.9. The smallest absolute Gasteiger partial charge is 0.129 e. The van der Waals surface area contributed by atoms with Gasteiger partial charge in [0, 0.05) is 33.9 Å². The molecule has 1 aliphatic rings. The molecule has 2 unspecified atom stereocenters. The van der Waals surface area contributed by atoms with Gasteiger partial charge in [-0.1, -0.05) is 13.0 Å². The van der Waals surface area contributed by atoms with E-state index in [4.69, 9.17) is 9.47 Å². The van der Waals surface area contributed by atoms with Gasteiger partial charge >= 0.3 is 0 Å². The van der Waals surface area contributed by atoms with E-state index in [0.29, 0.717) is 0 Å². The van der Waals surface area contributed by atoms with Crippen LogP contribution in [0.3, 0.4) is 0 Å². The molecule has 0 saturated carbocycles. The molecule has 2 heterocycles. The number of methoxy groups -OCH3 is 2. The number of pyridine rings is 1. The van der Waals surface area contributed by atoms with Crippen molar-refractivity contribution in [3.05, 3.63) is 23.9 Å². The number of anilines is 1. The first-order valence-electron chi connectivity index (χ1n) is 6.75. The van der Waals surface area contributed by atoms with E-state index < -0.39 is 0 Å². The zero-order chi connectivity index (χ0) is 13.7. The third kappa shape index (κ3) is 3.43. The highest BCUT2D eigenvalue weighted by Crippen LogP contribution is 2.21. The van der Waals surface area contributed by atoms with Crippen molar-refractivity contribution in [3.63, 3.8) is 0 Å². The van der Waals surface area contributed by atoms with Gasteiger partial charge in [0.2, 0.25) is 0 Å². The van der Waals surface area contributed by atoms with Crippen LogP contribution in [0.2, 0.25) is 0 Å². The lowest BCUT2D eigenvalue weighted by atomic mass is 10.3. The molecular weight excluding hydrogens is 242 g/mol. The Morgan fingerprint density at radius 3 is 2.53 bits per heavy atom. The van der Waals surface area contributed by atoms with Crippen LogP contribution in [0.5, 0.6) is 0 Å². The van der Waals surface area contributed by atoms with Crippen LogP contribution in [0.4, 0.5) is 5.82 Å². The Kier molecular flexibility index (Phi) is 5.13. The lowest BCUT2D eigenvalue weighted by molar-refractivity contribution is -0.00461. The summed E-state index contributed by atoms with van der Waals surface area (Å²) >= 11 is 0. The molecule has 1 fully saturated rings. The minimum atomic E-state index is 0.115. The standard InChI is InChI=1S/C14H23N3O2/c1-4-15-8-11-6-5-7-14(16-11)17-9-12(18-2)13(10-17)19-3/h5-7,12-13,15H,4,8-10H2,1-3H3. The normalized spacial score (nSPS) is 23.0. The predicted octanol–water partition coefficient (Wildman–Crippen LogP) is 1.04. The fraction of sp³-hybridized carbons (Fsp3) is 0.643. The Hall–Kier alpha value is -1.17. The van der Waals surface area contributed by atoms with Crippen LogP contribution in [0.25, 0.3) is 0 Å². The van der Waals surface area contributed by atoms with E-state index in [1.165, 1.54) is 0 Å². The van der Waals surface area contributed by atoms with Crippen molar-refractivity contribution in [1.82, 2.24) is 10.3 Å². The van der Waals surface area contributed by atoms with Crippen molar-refractivity contribution in [2.45, 2.75) is 25.7 Å². The highest BCUT2D eigenvalue weighted by atomic mass is 16.5. The monoisotopic (exact) mass is 265 g/mol. The zero-order valence-corrected chi connectivity index (χ0v) is 11.9. The number of nitrogens with one attached hydrogen (secondary N) is 1. The number of hydrogen-bond donors (Lipinski definition) is 1. The van der Waals surface area contributed by atoms with Gasteiger partial charge in [-0.2, -0.15) is 0 Å². The van der Waals surface area contributed by atoms with E-state index in [-0.39, 0.29) is 12.2 Å². The van der Waals surface area contributed by atoms with Gasteiger partial charge in [-0.05, 0) is 18.7 Å². The van der Waals surface area contributed by atoms with Crippen LogP contribution in [-0.2, 0) is 16.0 Å². The van der Waals surface area contributed by atoms with Crippen molar-refractivity contribution in [3.8, 4) is 0 Å². The molecule has 5 heteroatoms. The number of nitrogens with zero attached hydrogens (tertiary/aromatic N) is 2. The molecule has 5 nitrogen and oxygen atoms in total. The maximum absolute atomic E-state index is 5.45. The van der Waals surface area contributed by atoms with Gasteiger partial charge in [0.15, 0.2) is 0 Å². The molecular formula is C14H23N3O2. The van der Waals surface area contributed by atoms with Gasteiger partial charge < -0.3 is 19.7 Å². The van der Waals surface area contributed by atoms with E-state index >= 15 is 0 Å². The molecule has 2 rings (SSSR count). The van der Waals surface area contributed by atoms with Gasteiger partial charge in [-0.25, -0.2) is 4.98 Å². The van der Waals surface area contributed by atoms with Crippen LogP contribution in [0.1, 0.15) is 12.6 Å². The van der Waals surface area contributed by atoms with Crippen molar-refractivity contribution < 1.29 is 9.47 Å². The third-order valence-electron chi connectivity index (χ3n) is 3.49. The van der Waals surface area contributed by atoms with Crippen molar-refractivity contribution >= 4 is 5.82 Å². The Labute approximate surface area is 114 Å². The molecule has 0 aliphatic carbocycles. The van der Waals surface area contributed by atoms with Gasteiger partial charge in [0.25, 0.3) is 0 Å². The minimum Gasteiger partial charge on any atom is -0.377 e. The number of aromatic nitrogens is 1. The lowest BCUT2D eigenvalue weighted by Gasteiger charge is -2.17. The second kappa shape index (κ2) is 6.84. The molecule has 1 aromatic rings. The number of rotatable bonds is 6. The van der Waals surface area contributed by atoms with Gasteiger partial charge in [-0.3, -0.25) is 0 Å². The average Bonchev–Trinajstić information content (AvgIpc) is 2.88. The summed E-state index contributed by atoms with van der Waals surface area (Å²) in [5, 5.41) is 3.29. The van der Waals surface area contributed by atoms with E-state index in [9.17, 15) is 0 Å². The third-order valence-corrected chi connectivity index (χ3v) is 3.49. The fourth-order valence-electron chi connectivity index (χ4n) is 2.38. The first kappa shape index (κ1) is 14.2. The summed E-state index contributed by atoms with van der Waals surface area (Å²) in [6.07, 6.45) is 0.230. The summed E-state index contributed by atoms with van der Waals surface area (Å²) in [6.45, 7) is 5.50. The molecule has 0 bridgehead atoms. The van der Waals surface area contributed by atoms with Crippen molar-refractivity contribution in [2.75, 3.05) is 38.8 Å². The summed E-state index contributed by atoms with van der Waals surface area (Å²) in [5.74, 6) is 0.997. The zero-order valence-electron chi connectivity index (χ0n) is 11.9. The maximum atomic E-state index is 5.45. The largest absolute Gasteiger partial charge is 0.377 e. The second-order valence-electron chi connectivity index (χ2n) is 4.72. The molecule has 1 saturated heterocycles. The number of hydrogen-bond acceptors (Lipinski definition) is 5. The molecule has 0 spiro atoms. The highest BCUT2D eigenvalue weighted by molar-refractivity contribution is 5.41. The maximum Gasteiger partial charge on any atom is 0.129 e. The van der Waals surface area contributed by atoms with E-state index in [2.05, 4.69) is 28.2 Å². The first-order chi connectivity index (χ1) is 9.28. The summed E-state index contributed by atoms with van der Waals surface area (Å²) in [5.41, 5.74) is 1.06. The Morgan fingerprint density at radius 2 is 1.95 bits per heavy atom. The summed E-state index contributed by atoms with van der Waals surface area (Å²) in [4.78, 5) is 6.90. The quantitative estimate of drug-likeness (QED) is 0.833. The van der Waals surface area contributed by atoms with E-state index in [1.54, 1.807) is 14.2 Å². The van der Waals surface area contributed by atoms with Crippen molar-refractivity contribution in [2.24, 2.45) is 0 Å². The first-order valence-corrected chi connectivity index (χ1v) is 6.75. The Balaban J connectivity index is 2.05.